The van der Waals surface area contributed by atoms with Crippen molar-refractivity contribution in [3.05, 3.63) is 53.6 Å². The van der Waals surface area contributed by atoms with E-state index in [0.29, 0.717) is 0 Å². The number of nitrogens with zero attached hydrogens (tertiary/aromatic N) is 2. The number of allylic oxidation sites excluding steroid dienone is 3. The molecule has 0 aliphatic heterocycles. The van der Waals surface area contributed by atoms with Crippen molar-refractivity contribution in [1.29, 1.82) is 0 Å². The molecule has 0 saturated carbocycles. The Morgan fingerprint density at radius 3 is 2.38 bits per heavy atom. The van der Waals surface area contributed by atoms with Gasteiger partial charge in [-0.15, -0.1) is 0 Å². The van der Waals surface area contributed by atoms with Gasteiger partial charge in [-0.05, 0) is 20.3 Å². The number of rotatable bonds is 5. The van der Waals surface area contributed by atoms with Crippen LogP contribution in [0.3, 0.4) is 0 Å². The van der Waals surface area contributed by atoms with Crippen LogP contribution in [0.4, 0.5) is 0 Å². The molecule has 1 aromatic carbocycles. The van der Waals surface area contributed by atoms with Crippen LogP contribution in [-0.2, 0) is 4.74 Å². The Labute approximate surface area is 127 Å². The smallest absolute Gasteiger partial charge is 0.131 e. The van der Waals surface area contributed by atoms with E-state index in [2.05, 4.69) is 43.1 Å². The zero-order valence-corrected chi connectivity index (χ0v) is 13.2. The van der Waals surface area contributed by atoms with Gasteiger partial charge >= 0.3 is 0 Å². The second-order valence-electron chi connectivity index (χ2n) is 4.94. The Hall–Kier alpha value is -2.03. The second kappa shape index (κ2) is 7.67. The minimum Gasteiger partial charge on any atom is -0.496 e. The molecular weight excluding hydrogens is 260 g/mol. The molecule has 1 aliphatic carbocycles. The molecule has 2 rings (SSSR count). The third-order valence-corrected chi connectivity index (χ3v) is 3.65. The number of hydrogen-bond donors (Lipinski definition) is 0. The molecule has 0 spiro atoms. The highest BCUT2D eigenvalue weighted by atomic mass is 16.5. The summed E-state index contributed by atoms with van der Waals surface area (Å²) < 4.78 is 5.70. The zero-order chi connectivity index (χ0) is 15.1. The average Bonchev–Trinajstić information content (AvgIpc) is 2.55. The first-order valence-corrected chi connectivity index (χ1v) is 7.60. The number of methoxy groups -OCH3 is 1. The summed E-state index contributed by atoms with van der Waals surface area (Å²) in [4.78, 5) is 0. The van der Waals surface area contributed by atoms with Crippen molar-refractivity contribution in [1.82, 2.24) is 5.01 Å². The van der Waals surface area contributed by atoms with Gasteiger partial charge in [0.2, 0.25) is 0 Å². The SMILES string of the molecule is CCN(CC)N=C1CC=CCC1=C(OC)c1ccccc1. The van der Waals surface area contributed by atoms with Crippen LogP contribution in [0.15, 0.2) is 53.2 Å². The Bertz CT molecular complexity index is 540. The summed E-state index contributed by atoms with van der Waals surface area (Å²) in [5.41, 5.74) is 3.41. The van der Waals surface area contributed by atoms with Crippen molar-refractivity contribution in [3.8, 4) is 0 Å². The molecule has 0 heterocycles. The predicted molar refractivity (Wildman–Crippen MR) is 89.1 cm³/mol. The van der Waals surface area contributed by atoms with Gasteiger partial charge in [-0.25, -0.2) is 0 Å². The number of hydrazone groups is 1. The van der Waals surface area contributed by atoms with Gasteiger partial charge in [0.05, 0.1) is 12.8 Å². The summed E-state index contributed by atoms with van der Waals surface area (Å²) >= 11 is 0. The summed E-state index contributed by atoms with van der Waals surface area (Å²) in [6, 6.07) is 10.3. The molecule has 112 valence electrons. The molecule has 0 bridgehead atoms. The third kappa shape index (κ3) is 3.75. The third-order valence-electron chi connectivity index (χ3n) is 3.65. The maximum absolute atomic E-state index is 5.70. The van der Waals surface area contributed by atoms with E-state index in [1.54, 1.807) is 7.11 Å². The van der Waals surface area contributed by atoms with Crippen LogP contribution in [-0.4, -0.2) is 30.9 Å². The van der Waals surface area contributed by atoms with Gasteiger partial charge in [0.25, 0.3) is 0 Å². The van der Waals surface area contributed by atoms with Crippen LogP contribution in [0.25, 0.3) is 5.76 Å². The molecule has 1 aromatic rings. The van der Waals surface area contributed by atoms with Crippen LogP contribution in [0.5, 0.6) is 0 Å². The summed E-state index contributed by atoms with van der Waals surface area (Å²) in [7, 11) is 1.74. The largest absolute Gasteiger partial charge is 0.496 e. The second-order valence-corrected chi connectivity index (χ2v) is 4.94. The summed E-state index contributed by atoms with van der Waals surface area (Å²) in [6.45, 7) is 6.10. The quantitative estimate of drug-likeness (QED) is 0.462. The number of benzene rings is 1. The molecule has 0 fully saturated rings. The zero-order valence-electron chi connectivity index (χ0n) is 13.2. The summed E-state index contributed by atoms with van der Waals surface area (Å²) in [5, 5.41) is 6.90. The lowest BCUT2D eigenvalue weighted by molar-refractivity contribution is 0.320. The Balaban J connectivity index is 2.45. The first-order valence-electron chi connectivity index (χ1n) is 7.60. The van der Waals surface area contributed by atoms with Crippen LogP contribution >= 0.6 is 0 Å². The van der Waals surface area contributed by atoms with E-state index in [4.69, 9.17) is 9.84 Å². The first kappa shape index (κ1) is 15.4. The summed E-state index contributed by atoms with van der Waals surface area (Å²) in [6.07, 6.45) is 6.12. The Morgan fingerprint density at radius 1 is 1.10 bits per heavy atom. The van der Waals surface area contributed by atoms with Gasteiger partial charge in [-0.3, -0.25) is 5.01 Å². The Morgan fingerprint density at radius 2 is 1.76 bits per heavy atom. The van der Waals surface area contributed by atoms with E-state index in [9.17, 15) is 0 Å². The molecule has 21 heavy (non-hydrogen) atoms. The highest BCUT2D eigenvalue weighted by Gasteiger charge is 2.17. The van der Waals surface area contributed by atoms with Crippen LogP contribution < -0.4 is 0 Å². The molecule has 3 nitrogen and oxygen atoms in total. The van der Waals surface area contributed by atoms with Gasteiger partial charge < -0.3 is 4.74 Å². The molecule has 0 amide bonds. The average molecular weight is 284 g/mol. The highest BCUT2D eigenvalue weighted by molar-refractivity contribution is 6.07. The normalized spacial score (nSPS) is 18.7. The van der Waals surface area contributed by atoms with Crippen LogP contribution in [0.2, 0.25) is 0 Å². The highest BCUT2D eigenvalue weighted by Crippen LogP contribution is 2.27. The molecule has 3 heteroatoms. The predicted octanol–water partition coefficient (Wildman–Crippen LogP) is 4.09. The van der Waals surface area contributed by atoms with Crippen molar-refractivity contribution < 1.29 is 4.74 Å². The van der Waals surface area contributed by atoms with Crippen molar-refractivity contribution in [2.24, 2.45) is 5.10 Å². The fourth-order valence-electron chi connectivity index (χ4n) is 2.50. The van der Waals surface area contributed by atoms with E-state index in [1.165, 1.54) is 5.57 Å². The monoisotopic (exact) mass is 284 g/mol. The van der Waals surface area contributed by atoms with Gasteiger partial charge in [-0.1, -0.05) is 42.5 Å². The van der Waals surface area contributed by atoms with Crippen molar-refractivity contribution in [3.63, 3.8) is 0 Å². The number of ether oxygens (including phenoxy) is 1. The topological polar surface area (TPSA) is 24.8 Å². The van der Waals surface area contributed by atoms with E-state index >= 15 is 0 Å². The fourth-order valence-corrected chi connectivity index (χ4v) is 2.50. The van der Waals surface area contributed by atoms with E-state index in [-0.39, 0.29) is 0 Å². The van der Waals surface area contributed by atoms with Crippen molar-refractivity contribution in [2.75, 3.05) is 20.2 Å². The molecule has 1 aliphatic rings. The standard InChI is InChI=1S/C18H24N2O/c1-4-20(5-2)19-17-14-10-9-13-16(17)18(21-3)15-11-7-6-8-12-15/h6-12H,4-5,13-14H2,1-3H3. The summed E-state index contributed by atoms with van der Waals surface area (Å²) in [5.74, 6) is 0.936. The molecule has 0 aromatic heterocycles. The lowest BCUT2D eigenvalue weighted by atomic mass is 9.95. The lowest BCUT2D eigenvalue weighted by Crippen LogP contribution is -2.21. The van der Waals surface area contributed by atoms with E-state index in [0.717, 1.165) is 43.0 Å². The minimum absolute atomic E-state index is 0.867. The minimum atomic E-state index is 0.867. The number of hydrogen-bond acceptors (Lipinski definition) is 3. The lowest BCUT2D eigenvalue weighted by Gasteiger charge is -2.21. The van der Waals surface area contributed by atoms with Gasteiger partial charge in [0.15, 0.2) is 0 Å². The maximum atomic E-state index is 5.70. The maximum Gasteiger partial charge on any atom is 0.131 e. The van der Waals surface area contributed by atoms with E-state index in [1.807, 2.05) is 18.2 Å². The molecule has 0 unspecified atom stereocenters. The van der Waals surface area contributed by atoms with Gasteiger partial charge in [-0.2, -0.15) is 5.10 Å². The first-order chi connectivity index (χ1) is 10.3. The molecule has 0 N–H and O–H groups in total. The molecule has 0 radical (unpaired) electrons. The van der Waals surface area contributed by atoms with E-state index < -0.39 is 0 Å². The van der Waals surface area contributed by atoms with Gasteiger partial charge in [0.1, 0.15) is 5.76 Å². The molecule has 0 atom stereocenters. The van der Waals surface area contributed by atoms with Crippen LogP contribution in [0.1, 0.15) is 32.3 Å². The van der Waals surface area contributed by atoms with Gasteiger partial charge in [0, 0.05) is 30.6 Å². The van der Waals surface area contributed by atoms with Crippen LogP contribution in [0, 0.1) is 0 Å². The molecular formula is C18H24N2O. The fraction of sp³-hybridized carbons (Fsp3) is 0.389. The Kier molecular flexibility index (Phi) is 5.61. The molecule has 0 saturated heterocycles. The van der Waals surface area contributed by atoms with Crippen molar-refractivity contribution >= 4 is 11.5 Å². The van der Waals surface area contributed by atoms with Crippen molar-refractivity contribution in [2.45, 2.75) is 26.7 Å².